The molecule has 1 rings (SSSR count). The number of amides is 3. The summed E-state index contributed by atoms with van der Waals surface area (Å²) in [6, 6.07) is 1.40. The van der Waals surface area contributed by atoms with Gasteiger partial charge in [-0.2, -0.15) is 0 Å². The maximum absolute atomic E-state index is 13.2. The average Bonchev–Trinajstić information content (AvgIpc) is 2.39. The van der Waals surface area contributed by atoms with E-state index in [-0.39, 0.29) is 24.7 Å². The number of nitrogen functional groups attached to an aromatic ring is 1. The van der Waals surface area contributed by atoms with Crippen molar-refractivity contribution in [1.82, 2.24) is 15.5 Å². The summed E-state index contributed by atoms with van der Waals surface area (Å²) < 4.78 is 26.4. The van der Waals surface area contributed by atoms with Crippen molar-refractivity contribution in [2.75, 3.05) is 32.9 Å². The lowest BCUT2D eigenvalue weighted by Gasteiger charge is -2.12. The van der Waals surface area contributed by atoms with E-state index in [1.807, 2.05) is 0 Å². The summed E-state index contributed by atoms with van der Waals surface area (Å²) >= 11 is 0. The first-order valence-corrected chi connectivity index (χ1v) is 5.80. The Bertz CT molecular complexity index is 497. The quantitative estimate of drug-likeness (QED) is 0.558. The van der Waals surface area contributed by atoms with Crippen molar-refractivity contribution in [3.8, 4) is 0 Å². The fourth-order valence-corrected chi connectivity index (χ4v) is 1.32. The fraction of sp³-hybridized carbons (Fsp3) is 0.333. The number of carbonyl (C=O) groups excluding carboxylic acids is 2. The van der Waals surface area contributed by atoms with Crippen molar-refractivity contribution in [3.63, 3.8) is 0 Å². The number of nitrogens with zero attached hydrogens (tertiary/aromatic N) is 1. The van der Waals surface area contributed by atoms with Crippen LogP contribution in [0.1, 0.15) is 10.4 Å². The number of benzene rings is 1. The highest BCUT2D eigenvalue weighted by molar-refractivity contribution is 5.94. The fourth-order valence-electron chi connectivity index (χ4n) is 1.32. The van der Waals surface area contributed by atoms with Gasteiger partial charge in [0.2, 0.25) is 0 Å². The molecule has 0 unspecified atom stereocenters. The molecule has 8 heteroatoms. The molecule has 0 aliphatic heterocycles. The molecule has 0 saturated carbocycles. The van der Waals surface area contributed by atoms with Gasteiger partial charge in [-0.3, -0.25) is 4.79 Å². The zero-order valence-electron chi connectivity index (χ0n) is 11.2. The Balaban J connectivity index is 2.50. The van der Waals surface area contributed by atoms with Crippen LogP contribution in [0.4, 0.5) is 19.3 Å². The lowest BCUT2D eigenvalue weighted by atomic mass is 10.1. The molecule has 0 aliphatic rings. The third-order valence-corrected chi connectivity index (χ3v) is 2.43. The molecule has 0 radical (unpaired) electrons. The van der Waals surface area contributed by atoms with Gasteiger partial charge in [0, 0.05) is 32.7 Å². The molecule has 0 aromatic heterocycles. The van der Waals surface area contributed by atoms with E-state index in [0.29, 0.717) is 0 Å². The number of nitrogens with one attached hydrogen (secondary N) is 2. The molecule has 0 fully saturated rings. The highest BCUT2D eigenvalue weighted by Crippen LogP contribution is 2.16. The van der Waals surface area contributed by atoms with Gasteiger partial charge in [-0.1, -0.05) is 0 Å². The molecular formula is C12H16F2N4O2. The number of carbonyl (C=O) groups is 2. The normalized spacial score (nSPS) is 10.0. The van der Waals surface area contributed by atoms with Crippen LogP contribution in [0.25, 0.3) is 0 Å². The van der Waals surface area contributed by atoms with Crippen LogP contribution in [0.2, 0.25) is 0 Å². The molecule has 4 N–H and O–H groups in total. The first kappa shape index (κ1) is 15.7. The Labute approximate surface area is 114 Å². The summed E-state index contributed by atoms with van der Waals surface area (Å²) in [4.78, 5) is 24.1. The van der Waals surface area contributed by atoms with Crippen LogP contribution >= 0.6 is 0 Å². The van der Waals surface area contributed by atoms with Gasteiger partial charge in [-0.25, -0.2) is 13.6 Å². The molecular weight excluding hydrogens is 270 g/mol. The van der Waals surface area contributed by atoms with E-state index in [9.17, 15) is 18.4 Å². The molecule has 0 bridgehead atoms. The lowest BCUT2D eigenvalue weighted by Crippen LogP contribution is -2.39. The van der Waals surface area contributed by atoms with Crippen molar-refractivity contribution >= 4 is 17.6 Å². The molecule has 0 heterocycles. The Morgan fingerprint density at radius 2 is 1.65 bits per heavy atom. The maximum Gasteiger partial charge on any atom is 0.316 e. The van der Waals surface area contributed by atoms with Gasteiger partial charge in [-0.15, -0.1) is 0 Å². The molecule has 0 spiro atoms. The second kappa shape index (κ2) is 6.69. The van der Waals surface area contributed by atoms with Crippen LogP contribution in [0.15, 0.2) is 12.1 Å². The highest BCUT2D eigenvalue weighted by Gasteiger charge is 2.12. The van der Waals surface area contributed by atoms with Crippen LogP contribution in [-0.4, -0.2) is 44.0 Å². The third kappa shape index (κ3) is 4.08. The number of anilines is 1. The van der Waals surface area contributed by atoms with Gasteiger partial charge in [0.25, 0.3) is 5.91 Å². The van der Waals surface area contributed by atoms with E-state index in [1.54, 1.807) is 14.1 Å². The van der Waals surface area contributed by atoms with Gasteiger partial charge in [-0.05, 0) is 12.1 Å². The number of rotatable bonds is 4. The molecule has 110 valence electrons. The lowest BCUT2D eigenvalue weighted by molar-refractivity contribution is 0.0952. The summed E-state index contributed by atoms with van der Waals surface area (Å²) in [6.45, 7) is 0.328. The van der Waals surface area contributed by atoms with Gasteiger partial charge in [0.1, 0.15) is 17.3 Å². The SMILES string of the molecule is CN(C)C(=O)NCCNC(=O)c1cc(F)c(N)c(F)c1. The van der Waals surface area contributed by atoms with E-state index < -0.39 is 23.2 Å². The predicted molar refractivity (Wildman–Crippen MR) is 70.2 cm³/mol. The molecule has 1 aromatic carbocycles. The number of urea groups is 1. The third-order valence-electron chi connectivity index (χ3n) is 2.43. The molecule has 0 saturated heterocycles. The number of nitrogens with two attached hydrogens (primary N) is 1. The molecule has 1 aromatic rings. The summed E-state index contributed by atoms with van der Waals surface area (Å²) in [5.41, 5.74) is 4.30. The second-order valence-electron chi connectivity index (χ2n) is 4.24. The smallest absolute Gasteiger partial charge is 0.316 e. The minimum absolute atomic E-state index is 0.131. The van der Waals surface area contributed by atoms with E-state index in [4.69, 9.17) is 5.73 Å². The van der Waals surface area contributed by atoms with Crippen molar-refractivity contribution in [1.29, 1.82) is 0 Å². The first-order chi connectivity index (χ1) is 9.32. The van der Waals surface area contributed by atoms with Crippen LogP contribution in [0, 0.1) is 11.6 Å². The molecule has 0 atom stereocenters. The van der Waals surface area contributed by atoms with Crippen LogP contribution in [0.3, 0.4) is 0 Å². The Hall–Kier alpha value is -2.38. The van der Waals surface area contributed by atoms with Crippen molar-refractivity contribution in [3.05, 3.63) is 29.3 Å². The van der Waals surface area contributed by atoms with Crippen molar-refractivity contribution < 1.29 is 18.4 Å². The average molecular weight is 286 g/mol. The molecule has 0 aliphatic carbocycles. The minimum Gasteiger partial charge on any atom is -0.394 e. The van der Waals surface area contributed by atoms with Crippen molar-refractivity contribution in [2.45, 2.75) is 0 Å². The Kier molecular flexibility index (Phi) is 5.24. The standard InChI is InChI=1S/C12H16F2N4O2/c1-18(2)12(20)17-4-3-16-11(19)7-5-8(13)10(15)9(14)6-7/h5-6H,3-4,15H2,1-2H3,(H,16,19)(H,17,20). The minimum atomic E-state index is -0.990. The first-order valence-electron chi connectivity index (χ1n) is 5.80. The van der Waals surface area contributed by atoms with Gasteiger partial charge >= 0.3 is 6.03 Å². The molecule has 3 amide bonds. The predicted octanol–water partition coefficient (Wildman–Crippen LogP) is 0.548. The topological polar surface area (TPSA) is 87.5 Å². The number of hydrogen-bond acceptors (Lipinski definition) is 3. The number of hydrogen-bond donors (Lipinski definition) is 3. The van der Waals surface area contributed by atoms with Gasteiger partial charge in [0.15, 0.2) is 0 Å². The van der Waals surface area contributed by atoms with Crippen LogP contribution in [0.5, 0.6) is 0 Å². The van der Waals surface area contributed by atoms with Crippen LogP contribution < -0.4 is 16.4 Å². The van der Waals surface area contributed by atoms with E-state index in [2.05, 4.69) is 10.6 Å². The highest BCUT2D eigenvalue weighted by atomic mass is 19.1. The summed E-state index contributed by atoms with van der Waals surface area (Å²) in [7, 11) is 3.15. The molecule has 6 nitrogen and oxygen atoms in total. The Morgan fingerprint density at radius 1 is 1.15 bits per heavy atom. The van der Waals surface area contributed by atoms with E-state index >= 15 is 0 Å². The zero-order chi connectivity index (χ0) is 15.3. The van der Waals surface area contributed by atoms with Gasteiger partial charge in [0.05, 0.1) is 0 Å². The second-order valence-corrected chi connectivity index (χ2v) is 4.24. The summed E-state index contributed by atoms with van der Waals surface area (Å²) in [6.07, 6.45) is 0. The summed E-state index contributed by atoms with van der Waals surface area (Å²) in [5.74, 6) is -2.63. The van der Waals surface area contributed by atoms with Crippen LogP contribution in [-0.2, 0) is 0 Å². The summed E-state index contributed by atoms with van der Waals surface area (Å²) in [5, 5.41) is 4.95. The maximum atomic E-state index is 13.2. The van der Waals surface area contributed by atoms with Crippen molar-refractivity contribution in [2.24, 2.45) is 0 Å². The molecule has 20 heavy (non-hydrogen) atoms. The van der Waals surface area contributed by atoms with E-state index in [0.717, 1.165) is 12.1 Å². The Morgan fingerprint density at radius 3 is 2.15 bits per heavy atom. The van der Waals surface area contributed by atoms with E-state index in [1.165, 1.54) is 4.90 Å². The van der Waals surface area contributed by atoms with Gasteiger partial charge < -0.3 is 21.3 Å². The number of halogens is 2. The largest absolute Gasteiger partial charge is 0.394 e. The monoisotopic (exact) mass is 286 g/mol. The zero-order valence-corrected chi connectivity index (χ0v) is 11.2.